The molecule has 0 aliphatic heterocycles. The van der Waals surface area contributed by atoms with Crippen LogP contribution in [0.5, 0.6) is 0 Å². The third-order valence-electron chi connectivity index (χ3n) is 2.70. The molecular formula is C9H14. The van der Waals surface area contributed by atoms with Gasteiger partial charge in [-0.3, -0.25) is 0 Å². The molecule has 0 heteroatoms. The fourth-order valence-corrected chi connectivity index (χ4v) is 2.18. The van der Waals surface area contributed by atoms with Crippen LogP contribution in [0, 0.1) is 11.8 Å². The molecule has 1 saturated carbocycles. The fraction of sp³-hybridized carbons (Fsp3) is 0.778. The van der Waals surface area contributed by atoms with Crippen LogP contribution >= 0.6 is 0 Å². The molecule has 0 amide bonds. The van der Waals surface area contributed by atoms with Gasteiger partial charge in [-0.2, -0.15) is 0 Å². The normalized spacial score (nSPS) is 40.9. The number of rotatable bonds is 0. The summed E-state index contributed by atoms with van der Waals surface area (Å²) in [5.74, 6) is 2.03. The molecule has 2 bridgehead atoms. The molecule has 0 aromatic rings. The maximum atomic E-state index is 2.43. The van der Waals surface area contributed by atoms with Crippen molar-refractivity contribution in [2.75, 3.05) is 0 Å². The smallest absolute Gasteiger partial charge is 0.0231 e. The van der Waals surface area contributed by atoms with Crippen molar-refractivity contribution in [1.82, 2.24) is 0 Å². The van der Waals surface area contributed by atoms with Gasteiger partial charge in [-0.1, -0.05) is 25.0 Å². The van der Waals surface area contributed by atoms with E-state index in [-0.39, 0.29) is 0 Å². The van der Waals surface area contributed by atoms with Crippen molar-refractivity contribution < 1.29 is 0 Å². The lowest BCUT2D eigenvalue weighted by Crippen LogP contribution is -2.16. The van der Waals surface area contributed by atoms with Crippen LogP contribution in [0.15, 0.2) is 12.2 Å². The number of fused-ring (bicyclic) bond motifs is 2. The average molecular weight is 122 g/mol. The first-order chi connectivity index (χ1) is 4.45. The third kappa shape index (κ3) is 1.03. The van der Waals surface area contributed by atoms with E-state index in [0.717, 1.165) is 11.8 Å². The van der Waals surface area contributed by atoms with E-state index in [2.05, 4.69) is 12.2 Å². The van der Waals surface area contributed by atoms with E-state index in [9.17, 15) is 0 Å². The number of hydrogen-bond acceptors (Lipinski definition) is 0. The highest BCUT2D eigenvalue weighted by atomic mass is 14.3. The lowest BCUT2D eigenvalue weighted by atomic mass is 9.76. The lowest BCUT2D eigenvalue weighted by Gasteiger charge is -2.29. The largest absolute Gasteiger partial charge is 0.0880 e. The Balaban J connectivity index is 2.09. The van der Waals surface area contributed by atoms with Crippen LogP contribution in [-0.2, 0) is 0 Å². The number of allylic oxidation sites excluding steroid dienone is 2. The maximum absolute atomic E-state index is 2.43. The number of hydrogen-bond donors (Lipinski definition) is 0. The van der Waals surface area contributed by atoms with Crippen LogP contribution < -0.4 is 0 Å². The van der Waals surface area contributed by atoms with Crippen molar-refractivity contribution in [3.8, 4) is 0 Å². The molecule has 0 aromatic carbocycles. The first kappa shape index (κ1) is 5.52. The molecule has 1 fully saturated rings. The minimum absolute atomic E-state index is 0.970. The van der Waals surface area contributed by atoms with Gasteiger partial charge in [-0.15, -0.1) is 0 Å². The summed E-state index contributed by atoms with van der Waals surface area (Å²) in [6.45, 7) is 0. The summed E-state index contributed by atoms with van der Waals surface area (Å²) in [6.07, 6.45) is 12.1. The predicted molar refractivity (Wildman–Crippen MR) is 39.2 cm³/mol. The molecule has 2 atom stereocenters. The summed E-state index contributed by atoms with van der Waals surface area (Å²) in [7, 11) is 0. The summed E-state index contributed by atoms with van der Waals surface area (Å²) in [4.78, 5) is 0. The molecule has 0 aromatic heterocycles. The summed E-state index contributed by atoms with van der Waals surface area (Å²) >= 11 is 0. The summed E-state index contributed by atoms with van der Waals surface area (Å²) in [5, 5.41) is 0. The SMILES string of the molecule is C1=C[C@@H]2CCC[C@H](C1)C2. The second kappa shape index (κ2) is 2.17. The molecule has 2 aliphatic carbocycles. The maximum Gasteiger partial charge on any atom is -0.0231 e. The van der Waals surface area contributed by atoms with Gasteiger partial charge in [0.2, 0.25) is 0 Å². The van der Waals surface area contributed by atoms with Gasteiger partial charge >= 0.3 is 0 Å². The van der Waals surface area contributed by atoms with Crippen molar-refractivity contribution >= 4 is 0 Å². The van der Waals surface area contributed by atoms with Crippen LogP contribution in [-0.4, -0.2) is 0 Å². The van der Waals surface area contributed by atoms with Crippen molar-refractivity contribution in [2.24, 2.45) is 11.8 Å². The Morgan fingerprint density at radius 2 is 2.22 bits per heavy atom. The van der Waals surface area contributed by atoms with Gasteiger partial charge in [0.25, 0.3) is 0 Å². The molecule has 0 N–H and O–H groups in total. The Hall–Kier alpha value is -0.260. The minimum Gasteiger partial charge on any atom is -0.0880 e. The Labute approximate surface area is 57.0 Å². The van der Waals surface area contributed by atoms with Gasteiger partial charge in [-0.25, -0.2) is 0 Å². The third-order valence-corrected chi connectivity index (χ3v) is 2.70. The Morgan fingerprint density at radius 1 is 1.22 bits per heavy atom. The minimum atomic E-state index is 0.970. The van der Waals surface area contributed by atoms with Gasteiger partial charge in [0.05, 0.1) is 0 Å². The van der Waals surface area contributed by atoms with Gasteiger partial charge in [0, 0.05) is 0 Å². The predicted octanol–water partition coefficient (Wildman–Crippen LogP) is 2.75. The molecule has 0 saturated heterocycles. The molecule has 0 nitrogen and oxygen atoms in total. The summed E-state index contributed by atoms with van der Waals surface area (Å²) in [6, 6.07) is 0. The molecule has 0 heterocycles. The zero-order chi connectivity index (χ0) is 6.10. The zero-order valence-electron chi connectivity index (χ0n) is 5.84. The highest BCUT2D eigenvalue weighted by molar-refractivity contribution is 4.98. The highest BCUT2D eigenvalue weighted by Crippen LogP contribution is 2.35. The van der Waals surface area contributed by atoms with Crippen molar-refractivity contribution in [2.45, 2.75) is 32.1 Å². The molecule has 2 aliphatic rings. The average Bonchev–Trinajstić information content (AvgIpc) is 1.88. The molecule has 9 heavy (non-hydrogen) atoms. The van der Waals surface area contributed by atoms with Crippen LogP contribution in [0.1, 0.15) is 32.1 Å². The topological polar surface area (TPSA) is 0 Å². The van der Waals surface area contributed by atoms with Gasteiger partial charge in [-0.05, 0) is 31.1 Å². The Bertz CT molecular complexity index is 124. The van der Waals surface area contributed by atoms with Gasteiger partial charge in [0.15, 0.2) is 0 Å². The van der Waals surface area contributed by atoms with E-state index >= 15 is 0 Å². The van der Waals surface area contributed by atoms with Crippen molar-refractivity contribution in [3.05, 3.63) is 12.2 Å². The summed E-state index contributed by atoms with van der Waals surface area (Å²) < 4.78 is 0. The van der Waals surface area contributed by atoms with E-state index < -0.39 is 0 Å². The monoisotopic (exact) mass is 122 g/mol. The van der Waals surface area contributed by atoms with Crippen molar-refractivity contribution in [1.29, 1.82) is 0 Å². The van der Waals surface area contributed by atoms with E-state index in [0.29, 0.717) is 0 Å². The summed E-state index contributed by atoms with van der Waals surface area (Å²) in [5.41, 5.74) is 0. The molecule has 0 unspecified atom stereocenters. The molecule has 2 rings (SSSR count). The molecule has 0 spiro atoms. The van der Waals surface area contributed by atoms with Gasteiger partial charge in [0.1, 0.15) is 0 Å². The molecular weight excluding hydrogens is 108 g/mol. The van der Waals surface area contributed by atoms with Crippen LogP contribution in [0.4, 0.5) is 0 Å². The van der Waals surface area contributed by atoms with Crippen molar-refractivity contribution in [3.63, 3.8) is 0 Å². The molecule has 0 radical (unpaired) electrons. The Morgan fingerprint density at radius 3 is 3.00 bits per heavy atom. The van der Waals surface area contributed by atoms with E-state index in [1.165, 1.54) is 32.1 Å². The van der Waals surface area contributed by atoms with Crippen LogP contribution in [0.3, 0.4) is 0 Å². The Kier molecular flexibility index (Phi) is 1.33. The second-order valence-corrected chi connectivity index (χ2v) is 3.46. The van der Waals surface area contributed by atoms with Crippen LogP contribution in [0.25, 0.3) is 0 Å². The quantitative estimate of drug-likeness (QED) is 0.433. The zero-order valence-corrected chi connectivity index (χ0v) is 5.84. The van der Waals surface area contributed by atoms with E-state index in [1.807, 2.05) is 0 Å². The molecule has 50 valence electrons. The fourth-order valence-electron chi connectivity index (χ4n) is 2.18. The van der Waals surface area contributed by atoms with Crippen LogP contribution in [0.2, 0.25) is 0 Å². The van der Waals surface area contributed by atoms with E-state index in [1.54, 1.807) is 0 Å². The highest BCUT2D eigenvalue weighted by Gasteiger charge is 2.21. The standard InChI is InChI=1S/C9H14/c1-3-8-5-2-6-9(4-1)7-8/h1,3,8-9H,2,4-7H2/t8-,9+/m1/s1. The first-order valence-electron chi connectivity index (χ1n) is 4.12. The second-order valence-electron chi connectivity index (χ2n) is 3.46. The first-order valence-corrected chi connectivity index (χ1v) is 4.12. The van der Waals surface area contributed by atoms with E-state index in [4.69, 9.17) is 0 Å². The lowest BCUT2D eigenvalue weighted by molar-refractivity contribution is 0.291. The van der Waals surface area contributed by atoms with Gasteiger partial charge < -0.3 is 0 Å².